The van der Waals surface area contributed by atoms with Crippen molar-refractivity contribution in [3.63, 3.8) is 0 Å². The number of fused-ring (bicyclic) bond motifs is 2. The molecule has 8 aromatic rings. The van der Waals surface area contributed by atoms with Crippen molar-refractivity contribution in [3.8, 4) is 34.5 Å². The number of nitrogens with zero attached hydrogens (tertiary/aromatic N) is 8. The fraction of sp³-hybridized carbons (Fsp3) is 0.227. The third-order valence-electron chi connectivity index (χ3n) is 9.79. The number of benzene rings is 4. The molecule has 4 aromatic heterocycles. The first-order chi connectivity index (χ1) is 30.3. The first-order valence-corrected chi connectivity index (χ1v) is 20.9. The van der Waals surface area contributed by atoms with Crippen molar-refractivity contribution in [2.75, 3.05) is 54.1 Å². The number of aromatic nitrogens is 8. The molecule has 0 amide bonds. The maximum Gasteiger partial charge on any atom is 0.175 e. The molecule has 4 heterocycles. The standard InChI is InChI=1S/2C22H23N5O3S/c2*1-28-15-8-9-17(30-3)18(12-15)31-22-26-19-20(23)24-13-25-21(19)27(22)11-10-14-6-4-5-7-16(14)29-2/h2*4-9,12-13H,10-11H2,1-3H3,(H2,23,24,25). The van der Waals surface area contributed by atoms with Crippen LogP contribution in [0.5, 0.6) is 34.5 Å². The highest BCUT2D eigenvalue weighted by molar-refractivity contribution is 7.99. The van der Waals surface area contributed by atoms with E-state index in [1.54, 1.807) is 42.7 Å². The van der Waals surface area contributed by atoms with Crippen molar-refractivity contribution in [1.29, 1.82) is 0 Å². The molecule has 0 atom stereocenters. The number of nitrogen functional groups attached to an aromatic ring is 2. The summed E-state index contributed by atoms with van der Waals surface area (Å²) in [6, 6.07) is 27.2. The molecule has 4 aromatic carbocycles. The Bertz CT molecular complexity index is 2610. The van der Waals surface area contributed by atoms with Gasteiger partial charge in [0.15, 0.2) is 44.3 Å². The molecule has 16 nitrogen and oxygen atoms in total. The van der Waals surface area contributed by atoms with Crippen molar-refractivity contribution < 1.29 is 28.4 Å². The normalized spacial score (nSPS) is 10.9. The SMILES string of the molecule is COc1ccc(OC)c(Sc2nc3c(N)ncnc3n2CCc2ccccc2OC)c1.COc1ccc(OC)c(Sc2nc3c(N)ncnc3n2CCc2ccccc2OC)c1. The summed E-state index contributed by atoms with van der Waals surface area (Å²) in [7, 11) is 9.90. The van der Waals surface area contributed by atoms with Crippen LogP contribution in [0.3, 0.4) is 0 Å². The molecular formula is C44H46N10O6S2. The first-order valence-electron chi connectivity index (χ1n) is 19.3. The zero-order valence-electron chi connectivity index (χ0n) is 35.1. The molecule has 62 heavy (non-hydrogen) atoms. The van der Waals surface area contributed by atoms with E-state index in [1.165, 1.54) is 36.2 Å². The van der Waals surface area contributed by atoms with E-state index in [9.17, 15) is 0 Å². The quantitative estimate of drug-likeness (QED) is 0.0960. The molecule has 8 rings (SSSR count). The van der Waals surface area contributed by atoms with Gasteiger partial charge in [0.2, 0.25) is 0 Å². The van der Waals surface area contributed by atoms with E-state index >= 15 is 0 Å². The van der Waals surface area contributed by atoms with Gasteiger partial charge < -0.3 is 49.0 Å². The molecule has 0 aliphatic heterocycles. The van der Waals surface area contributed by atoms with Crippen molar-refractivity contribution in [1.82, 2.24) is 39.0 Å². The fourth-order valence-electron chi connectivity index (χ4n) is 6.63. The fourth-order valence-corrected chi connectivity index (χ4v) is 8.73. The van der Waals surface area contributed by atoms with Gasteiger partial charge in [-0.25, -0.2) is 29.9 Å². The number of rotatable bonds is 16. The Morgan fingerprint density at radius 1 is 0.484 bits per heavy atom. The number of para-hydroxylation sites is 2. The summed E-state index contributed by atoms with van der Waals surface area (Å²) in [6.07, 6.45) is 4.39. The highest BCUT2D eigenvalue weighted by Gasteiger charge is 2.20. The Hall–Kier alpha value is -6.92. The minimum absolute atomic E-state index is 0.348. The van der Waals surface area contributed by atoms with Crippen LogP contribution in [0.4, 0.5) is 11.6 Å². The molecule has 320 valence electrons. The van der Waals surface area contributed by atoms with Gasteiger partial charge in [-0.3, -0.25) is 0 Å². The molecule has 0 saturated carbocycles. The van der Waals surface area contributed by atoms with Crippen LogP contribution in [0, 0.1) is 0 Å². The van der Waals surface area contributed by atoms with Gasteiger partial charge in [-0.2, -0.15) is 0 Å². The lowest BCUT2D eigenvalue weighted by Crippen LogP contribution is -2.05. The Labute approximate surface area is 366 Å². The van der Waals surface area contributed by atoms with E-state index in [0.29, 0.717) is 47.1 Å². The summed E-state index contributed by atoms with van der Waals surface area (Å²) in [5.41, 5.74) is 16.9. The maximum atomic E-state index is 6.09. The van der Waals surface area contributed by atoms with Gasteiger partial charge in [0, 0.05) is 13.1 Å². The van der Waals surface area contributed by atoms with Crippen LogP contribution in [-0.2, 0) is 25.9 Å². The molecular weight excluding hydrogens is 829 g/mol. The molecule has 0 aliphatic rings. The first kappa shape index (κ1) is 43.2. The van der Waals surface area contributed by atoms with E-state index in [4.69, 9.17) is 49.9 Å². The second-order valence-corrected chi connectivity index (χ2v) is 15.3. The Kier molecular flexibility index (Phi) is 14.0. The molecule has 0 spiro atoms. The van der Waals surface area contributed by atoms with Crippen molar-refractivity contribution in [3.05, 3.63) is 109 Å². The summed E-state index contributed by atoms with van der Waals surface area (Å²) in [6.45, 7) is 1.28. The number of hydrogen-bond donors (Lipinski definition) is 2. The van der Waals surface area contributed by atoms with Gasteiger partial charge in [0.1, 0.15) is 47.2 Å². The Morgan fingerprint density at radius 2 is 0.887 bits per heavy atom. The molecule has 0 radical (unpaired) electrons. The van der Waals surface area contributed by atoms with Crippen LogP contribution in [0.1, 0.15) is 11.1 Å². The molecule has 0 unspecified atom stereocenters. The van der Waals surface area contributed by atoms with E-state index in [1.807, 2.05) is 81.9 Å². The van der Waals surface area contributed by atoms with Crippen LogP contribution in [0.15, 0.2) is 118 Å². The summed E-state index contributed by atoms with van der Waals surface area (Å²) < 4.78 is 36.9. The van der Waals surface area contributed by atoms with E-state index in [-0.39, 0.29) is 0 Å². The van der Waals surface area contributed by atoms with Crippen LogP contribution < -0.4 is 39.9 Å². The molecule has 0 saturated heterocycles. The van der Waals surface area contributed by atoms with Gasteiger partial charge in [0.05, 0.1) is 52.4 Å². The average Bonchev–Trinajstić information content (AvgIpc) is 3.85. The van der Waals surface area contributed by atoms with Gasteiger partial charge in [0.25, 0.3) is 0 Å². The van der Waals surface area contributed by atoms with Crippen molar-refractivity contribution >= 4 is 57.5 Å². The number of ether oxygens (including phenoxy) is 6. The molecule has 0 bridgehead atoms. The van der Waals surface area contributed by atoms with Gasteiger partial charge in [-0.1, -0.05) is 36.4 Å². The molecule has 0 fully saturated rings. The highest BCUT2D eigenvalue weighted by Crippen LogP contribution is 2.40. The number of anilines is 2. The molecule has 18 heteroatoms. The highest BCUT2D eigenvalue weighted by atomic mass is 32.2. The Balaban J connectivity index is 0.000000186. The van der Waals surface area contributed by atoms with Crippen LogP contribution in [0.2, 0.25) is 0 Å². The van der Waals surface area contributed by atoms with Crippen molar-refractivity contribution in [2.45, 2.75) is 46.0 Å². The second-order valence-electron chi connectivity index (χ2n) is 13.3. The second kappa shape index (κ2) is 20.1. The van der Waals surface area contributed by atoms with Crippen molar-refractivity contribution in [2.24, 2.45) is 0 Å². The average molecular weight is 875 g/mol. The predicted molar refractivity (Wildman–Crippen MR) is 240 cm³/mol. The zero-order valence-corrected chi connectivity index (χ0v) is 36.7. The van der Waals surface area contributed by atoms with Crippen LogP contribution >= 0.6 is 23.5 Å². The predicted octanol–water partition coefficient (Wildman–Crippen LogP) is 7.66. The lowest BCUT2D eigenvalue weighted by atomic mass is 10.1. The summed E-state index contributed by atoms with van der Waals surface area (Å²) in [5, 5.41) is 1.48. The largest absolute Gasteiger partial charge is 0.497 e. The van der Waals surface area contributed by atoms with E-state index < -0.39 is 0 Å². The third-order valence-corrected chi connectivity index (χ3v) is 11.9. The minimum Gasteiger partial charge on any atom is -0.497 e. The monoisotopic (exact) mass is 874 g/mol. The Morgan fingerprint density at radius 3 is 1.27 bits per heavy atom. The number of hydrogen-bond acceptors (Lipinski definition) is 16. The van der Waals surface area contributed by atoms with Crippen LogP contribution in [-0.4, -0.2) is 81.7 Å². The summed E-state index contributed by atoms with van der Waals surface area (Å²) in [5.74, 6) is 5.33. The number of aryl methyl sites for hydroxylation is 4. The summed E-state index contributed by atoms with van der Waals surface area (Å²) in [4.78, 5) is 28.3. The number of methoxy groups -OCH3 is 6. The third kappa shape index (κ3) is 9.50. The van der Waals surface area contributed by atoms with Gasteiger partial charge >= 0.3 is 0 Å². The summed E-state index contributed by atoms with van der Waals surface area (Å²) >= 11 is 2.93. The minimum atomic E-state index is 0.348. The maximum absolute atomic E-state index is 6.09. The molecule has 4 N–H and O–H groups in total. The smallest absolute Gasteiger partial charge is 0.175 e. The van der Waals surface area contributed by atoms with Gasteiger partial charge in [-0.05, 0) is 96.0 Å². The van der Waals surface area contributed by atoms with E-state index in [2.05, 4.69) is 32.1 Å². The zero-order chi connectivity index (χ0) is 43.6. The lowest BCUT2D eigenvalue weighted by molar-refractivity contribution is 0.394. The van der Waals surface area contributed by atoms with Crippen LogP contribution in [0.25, 0.3) is 22.3 Å². The molecule has 0 aliphatic carbocycles. The number of imidazole rings is 2. The van der Waals surface area contributed by atoms with Gasteiger partial charge in [-0.15, -0.1) is 0 Å². The lowest BCUT2D eigenvalue weighted by Gasteiger charge is -2.13. The number of nitrogens with two attached hydrogens (primary N) is 2. The topological polar surface area (TPSA) is 195 Å². The van der Waals surface area contributed by atoms with E-state index in [0.717, 1.165) is 78.6 Å².